The molecule has 12 heteroatoms. The highest BCUT2D eigenvalue weighted by atomic mass is 32.2. The number of hydrogen-bond acceptors (Lipinski definition) is 7. The lowest BCUT2D eigenvalue weighted by atomic mass is 10.3. The molecule has 1 amide bonds. The van der Waals surface area contributed by atoms with Crippen molar-refractivity contribution in [2.24, 2.45) is 0 Å². The van der Waals surface area contributed by atoms with E-state index in [2.05, 4.69) is 10.4 Å². The fourth-order valence-electron chi connectivity index (χ4n) is 3.05. The Hall–Kier alpha value is -2.83. The Kier molecular flexibility index (Phi) is 5.30. The average Bonchev–Trinajstić information content (AvgIpc) is 3.39. The van der Waals surface area contributed by atoms with Crippen molar-refractivity contribution < 1.29 is 13.2 Å². The smallest absolute Gasteiger partial charge is 0.338 e. The predicted molar refractivity (Wildman–Crippen MR) is 105 cm³/mol. The van der Waals surface area contributed by atoms with Crippen LogP contribution in [0, 0.1) is 0 Å². The summed E-state index contributed by atoms with van der Waals surface area (Å²) in [7, 11) is -3.58. The van der Waals surface area contributed by atoms with E-state index in [9.17, 15) is 18.0 Å². The van der Waals surface area contributed by atoms with E-state index in [4.69, 9.17) is 0 Å². The molecule has 10 nitrogen and oxygen atoms in total. The Morgan fingerprint density at radius 2 is 1.72 bits per heavy atom. The predicted octanol–water partition coefficient (Wildman–Crippen LogP) is 0.0236. The Bertz CT molecular complexity index is 1150. The SMILES string of the molecule is O=C(Cn1nnn(-c2cccs2)c1=O)N1CCN(S(=O)(=O)c2ccccc2)CC1. The topological polar surface area (TPSA) is 110 Å². The number of nitrogens with zero attached hydrogens (tertiary/aromatic N) is 6. The van der Waals surface area contributed by atoms with Gasteiger partial charge in [0.2, 0.25) is 15.9 Å². The fourth-order valence-corrected chi connectivity index (χ4v) is 5.16. The first kappa shape index (κ1) is 19.5. The number of tetrazole rings is 1. The summed E-state index contributed by atoms with van der Waals surface area (Å²) in [6, 6.07) is 11.7. The number of rotatable bonds is 5. The molecule has 0 aliphatic carbocycles. The quantitative estimate of drug-likeness (QED) is 0.560. The van der Waals surface area contributed by atoms with Gasteiger partial charge in [-0.1, -0.05) is 18.2 Å². The minimum Gasteiger partial charge on any atom is -0.338 e. The Labute approximate surface area is 170 Å². The maximum Gasteiger partial charge on any atom is 0.369 e. The molecule has 152 valence electrons. The molecule has 2 aromatic heterocycles. The second kappa shape index (κ2) is 7.89. The molecule has 0 saturated carbocycles. The molecule has 1 saturated heterocycles. The first-order valence-electron chi connectivity index (χ1n) is 8.86. The van der Waals surface area contributed by atoms with E-state index in [1.54, 1.807) is 42.5 Å². The zero-order valence-electron chi connectivity index (χ0n) is 15.3. The summed E-state index contributed by atoms with van der Waals surface area (Å²) in [6.45, 7) is 0.645. The molecule has 3 aromatic rings. The molecule has 3 heterocycles. The number of carbonyl (C=O) groups is 1. The monoisotopic (exact) mass is 434 g/mol. The van der Waals surface area contributed by atoms with Gasteiger partial charge < -0.3 is 4.90 Å². The number of piperazine rings is 1. The van der Waals surface area contributed by atoms with Crippen LogP contribution < -0.4 is 5.69 Å². The Balaban J connectivity index is 1.39. The highest BCUT2D eigenvalue weighted by Crippen LogP contribution is 2.17. The van der Waals surface area contributed by atoms with Gasteiger partial charge in [-0.2, -0.15) is 13.7 Å². The van der Waals surface area contributed by atoms with Crippen LogP contribution in [0.5, 0.6) is 0 Å². The van der Waals surface area contributed by atoms with Crippen LogP contribution in [0.25, 0.3) is 5.00 Å². The van der Waals surface area contributed by atoms with Gasteiger partial charge in [0, 0.05) is 26.2 Å². The van der Waals surface area contributed by atoms with Gasteiger partial charge in [-0.05, 0) is 40.1 Å². The van der Waals surface area contributed by atoms with Crippen LogP contribution in [0.3, 0.4) is 0 Å². The largest absolute Gasteiger partial charge is 0.369 e. The van der Waals surface area contributed by atoms with Crippen LogP contribution in [-0.4, -0.2) is 69.5 Å². The zero-order chi connectivity index (χ0) is 20.4. The third-order valence-electron chi connectivity index (χ3n) is 4.61. The molecule has 29 heavy (non-hydrogen) atoms. The van der Waals surface area contributed by atoms with E-state index in [-0.39, 0.29) is 43.5 Å². The fraction of sp³-hybridized carbons (Fsp3) is 0.294. The van der Waals surface area contributed by atoms with Gasteiger partial charge in [-0.15, -0.1) is 11.3 Å². The van der Waals surface area contributed by atoms with Crippen LogP contribution in [0.1, 0.15) is 0 Å². The van der Waals surface area contributed by atoms with Crippen molar-refractivity contribution in [3.63, 3.8) is 0 Å². The van der Waals surface area contributed by atoms with E-state index < -0.39 is 15.7 Å². The van der Waals surface area contributed by atoms with Crippen LogP contribution in [-0.2, 0) is 21.4 Å². The van der Waals surface area contributed by atoms with E-state index in [1.807, 2.05) is 5.38 Å². The first-order chi connectivity index (χ1) is 14.0. The van der Waals surface area contributed by atoms with Crippen molar-refractivity contribution in [1.82, 2.24) is 29.0 Å². The maximum absolute atomic E-state index is 12.7. The van der Waals surface area contributed by atoms with E-state index >= 15 is 0 Å². The lowest BCUT2D eigenvalue weighted by Gasteiger charge is -2.33. The molecule has 0 radical (unpaired) electrons. The lowest BCUT2D eigenvalue weighted by molar-refractivity contribution is -0.133. The molecule has 0 bridgehead atoms. The Morgan fingerprint density at radius 1 is 1.00 bits per heavy atom. The second-order valence-electron chi connectivity index (χ2n) is 6.38. The third-order valence-corrected chi connectivity index (χ3v) is 7.37. The first-order valence-corrected chi connectivity index (χ1v) is 11.2. The summed E-state index contributed by atoms with van der Waals surface area (Å²) in [5.74, 6) is -0.304. The number of carbonyl (C=O) groups excluding carboxylic acids is 1. The molecular weight excluding hydrogens is 416 g/mol. The number of benzene rings is 1. The second-order valence-corrected chi connectivity index (χ2v) is 9.24. The maximum atomic E-state index is 12.7. The van der Waals surface area contributed by atoms with Gasteiger partial charge in [0.1, 0.15) is 11.5 Å². The number of aromatic nitrogens is 4. The minimum atomic E-state index is -3.58. The average molecular weight is 435 g/mol. The normalized spacial score (nSPS) is 15.5. The van der Waals surface area contributed by atoms with E-state index in [0.717, 1.165) is 9.36 Å². The van der Waals surface area contributed by atoms with Gasteiger partial charge in [0.15, 0.2) is 0 Å². The molecule has 0 spiro atoms. The van der Waals surface area contributed by atoms with E-state index in [1.165, 1.54) is 20.5 Å². The molecule has 4 rings (SSSR count). The number of hydrogen-bond donors (Lipinski definition) is 0. The van der Waals surface area contributed by atoms with Gasteiger partial charge in [-0.25, -0.2) is 13.2 Å². The highest BCUT2D eigenvalue weighted by molar-refractivity contribution is 7.89. The number of amides is 1. The third kappa shape index (κ3) is 3.86. The molecule has 1 aliphatic heterocycles. The summed E-state index contributed by atoms with van der Waals surface area (Å²) in [5.41, 5.74) is -0.494. The van der Waals surface area contributed by atoms with Crippen molar-refractivity contribution >= 4 is 27.3 Å². The van der Waals surface area contributed by atoms with Gasteiger partial charge in [0.05, 0.1) is 4.90 Å². The molecule has 0 N–H and O–H groups in total. The van der Waals surface area contributed by atoms with Crippen LogP contribution >= 0.6 is 11.3 Å². The standard InChI is InChI=1S/C17H18N6O4S2/c24-15(13-22-17(25)23(19-18-22)16-7-4-12-28-16)20-8-10-21(11-9-20)29(26,27)14-5-2-1-3-6-14/h1-7,12H,8-11,13H2. The van der Waals surface area contributed by atoms with E-state index in [0.29, 0.717) is 5.00 Å². The molecule has 1 fully saturated rings. The summed E-state index contributed by atoms with van der Waals surface area (Å²) < 4.78 is 28.9. The van der Waals surface area contributed by atoms with Crippen molar-refractivity contribution in [2.75, 3.05) is 26.2 Å². The van der Waals surface area contributed by atoms with Crippen molar-refractivity contribution in [1.29, 1.82) is 0 Å². The van der Waals surface area contributed by atoms with Crippen LogP contribution in [0.2, 0.25) is 0 Å². The molecule has 1 aromatic carbocycles. The number of sulfonamides is 1. The molecular formula is C17H18N6O4S2. The summed E-state index contributed by atoms with van der Waals surface area (Å²) in [6.07, 6.45) is 0. The summed E-state index contributed by atoms with van der Waals surface area (Å²) in [4.78, 5) is 26.7. The van der Waals surface area contributed by atoms with Gasteiger partial charge in [0.25, 0.3) is 0 Å². The highest BCUT2D eigenvalue weighted by Gasteiger charge is 2.30. The minimum absolute atomic E-state index is 0.194. The summed E-state index contributed by atoms with van der Waals surface area (Å²) >= 11 is 1.34. The van der Waals surface area contributed by atoms with Crippen LogP contribution in [0.15, 0.2) is 57.5 Å². The molecule has 1 aliphatic rings. The molecule has 0 unspecified atom stereocenters. The zero-order valence-corrected chi connectivity index (χ0v) is 16.9. The Morgan fingerprint density at radius 3 is 2.38 bits per heavy atom. The molecule has 0 atom stereocenters. The number of thiophene rings is 1. The van der Waals surface area contributed by atoms with Crippen molar-refractivity contribution in [2.45, 2.75) is 11.4 Å². The van der Waals surface area contributed by atoms with Crippen molar-refractivity contribution in [3.8, 4) is 5.00 Å². The van der Waals surface area contributed by atoms with Gasteiger partial charge in [-0.3, -0.25) is 4.79 Å². The van der Waals surface area contributed by atoms with Gasteiger partial charge >= 0.3 is 5.69 Å². The van der Waals surface area contributed by atoms with Crippen LogP contribution in [0.4, 0.5) is 0 Å². The summed E-state index contributed by atoms with van der Waals surface area (Å²) in [5, 5.41) is 10.0. The van der Waals surface area contributed by atoms with Crippen molar-refractivity contribution in [3.05, 3.63) is 58.3 Å². The lowest BCUT2D eigenvalue weighted by Crippen LogP contribution is -2.51.